The first-order valence-corrected chi connectivity index (χ1v) is 12.5. The molecule has 2 N–H and O–H groups in total. The topological polar surface area (TPSA) is 112 Å². The van der Waals surface area contributed by atoms with Gasteiger partial charge >= 0.3 is 6.09 Å². The molecule has 2 amide bonds. The molecule has 0 radical (unpaired) electrons. The molecular formula is C24H31N3O5S. The van der Waals surface area contributed by atoms with Gasteiger partial charge in [0.25, 0.3) is 0 Å². The van der Waals surface area contributed by atoms with Gasteiger partial charge in [-0.15, -0.1) is 11.3 Å². The standard InChI is InChI=1S/C24H31N3O5S/c1-2-24(32-23(25)30,20(28)21-26-17-10-6-7-11-18(17)33-21)19(16-8-4-3-5-9-16)22(29)27-12-14-31-15-13-27/h6-7,10-11,16,19H,2-5,8-9,12-15H2,1H3,(H2,25,30)/t19?,24-/m0/s1. The van der Waals surface area contributed by atoms with Crippen LogP contribution < -0.4 is 5.73 Å². The van der Waals surface area contributed by atoms with Gasteiger partial charge in [0.2, 0.25) is 11.7 Å². The van der Waals surface area contributed by atoms with E-state index < -0.39 is 23.4 Å². The van der Waals surface area contributed by atoms with Crippen LogP contribution in [0.25, 0.3) is 10.2 Å². The van der Waals surface area contributed by atoms with Gasteiger partial charge in [0, 0.05) is 13.1 Å². The van der Waals surface area contributed by atoms with E-state index in [1.165, 1.54) is 11.3 Å². The highest BCUT2D eigenvalue weighted by molar-refractivity contribution is 7.20. The molecule has 2 aromatic rings. The molecule has 1 aromatic heterocycles. The average Bonchev–Trinajstić information content (AvgIpc) is 3.28. The molecule has 1 aromatic carbocycles. The van der Waals surface area contributed by atoms with Crippen molar-refractivity contribution in [3.8, 4) is 0 Å². The smallest absolute Gasteiger partial charge is 0.405 e. The number of ketones is 1. The Bertz CT molecular complexity index is 979. The Morgan fingerprint density at radius 3 is 2.55 bits per heavy atom. The number of morpholine rings is 1. The van der Waals surface area contributed by atoms with Crippen molar-refractivity contribution in [1.82, 2.24) is 9.88 Å². The summed E-state index contributed by atoms with van der Waals surface area (Å²) in [6.07, 6.45) is 3.74. The van der Waals surface area contributed by atoms with Gasteiger partial charge in [-0.05, 0) is 37.3 Å². The fourth-order valence-corrected chi connectivity index (χ4v) is 6.25. The fraction of sp³-hybridized carbons (Fsp3) is 0.583. The molecule has 1 aliphatic heterocycles. The number of hydrogen-bond donors (Lipinski definition) is 1. The number of ether oxygens (including phenoxy) is 2. The molecule has 2 fully saturated rings. The number of Topliss-reactive ketones (excluding diaryl/α,β-unsaturated/α-hetero) is 1. The SMILES string of the molecule is CC[C@@](OC(N)=O)(C(=O)c1nc2ccccc2s1)C(C(=O)N1CCOCC1)C1CCCCC1. The molecule has 33 heavy (non-hydrogen) atoms. The quantitative estimate of drug-likeness (QED) is 0.613. The molecule has 2 atom stereocenters. The Labute approximate surface area is 197 Å². The van der Waals surface area contributed by atoms with Gasteiger partial charge in [0.05, 0.1) is 29.3 Å². The minimum atomic E-state index is -1.70. The van der Waals surface area contributed by atoms with Crippen molar-refractivity contribution in [3.63, 3.8) is 0 Å². The van der Waals surface area contributed by atoms with E-state index >= 15 is 0 Å². The molecule has 4 rings (SSSR count). The van der Waals surface area contributed by atoms with Gasteiger partial charge in [0.15, 0.2) is 10.6 Å². The first-order valence-electron chi connectivity index (χ1n) is 11.7. The number of amides is 2. The number of nitrogens with two attached hydrogens (primary N) is 1. The molecule has 0 spiro atoms. The molecule has 0 bridgehead atoms. The van der Waals surface area contributed by atoms with Gasteiger partial charge in [-0.2, -0.15) is 0 Å². The Morgan fingerprint density at radius 2 is 1.91 bits per heavy atom. The van der Waals surface area contributed by atoms with Crippen molar-refractivity contribution >= 4 is 39.3 Å². The average molecular weight is 474 g/mol. The van der Waals surface area contributed by atoms with E-state index in [4.69, 9.17) is 15.2 Å². The van der Waals surface area contributed by atoms with Crippen LogP contribution in [-0.4, -0.2) is 59.6 Å². The third kappa shape index (κ3) is 4.75. The lowest BCUT2D eigenvalue weighted by atomic mass is 9.68. The summed E-state index contributed by atoms with van der Waals surface area (Å²) < 4.78 is 12.0. The first-order chi connectivity index (χ1) is 16.0. The van der Waals surface area contributed by atoms with E-state index in [0.717, 1.165) is 36.8 Å². The molecule has 2 aliphatic rings. The lowest BCUT2D eigenvalue weighted by molar-refractivity contribution is -0.151. The molecule has 9 heteroatoms. The van der Waals surface area contributed by atoms with E-state index in [-0.39, 0.29) is 23.3 Å². The number of benzene rings is 1. The maximum absolute atomic E-state index is 14.1. The van der Waals surface area contributed by atoms with Gasteiger partial charge in [0.1, 0.15) is 0 Å². The lowest BCUT2D eigenvalue weighted by Gasteiger charge is -2.44. The van der Waals surface area contributed by atoms with Crippen molar-refractivity contribution in [2.45, 2.75) is 51.0 Å². The zero-order chi connectivity index (χ0) is 23.4. The van der Waals surface area contributed by atoms with E-state index in [0.29, 0.717) is 31.8 Å². The van der Waals surface area contributed by atoms with E-state index in [1.54, 1.807) is 11.8 Å². The van der Waals surface area contributed by atoms with Crippen molar-refractivity contribution in [2.24, 2.45) is 17.6 Å². The number of rotatable bonds is 7. The second-order valence-corrected chi connectivity index (χ2v) is 9.82. The third-order valence-corrected chi connectivity index (χ3v) is 7.93. The van der Waals surface area contributed by atoms with Crippen LogP contribution in [0.4, 0.5) is 4.79 Å². The van der Waals surface area contributed by atoms with Crippen LogP contribution >= 0.6 is 11.3 Å². The lowest BCUT2D eigenvalue weighted by Crippen LogP contribution is -2.59. The van der Waals surface area contributed by atoms with E-state index in [9.17, 15) is 14.4 Å². The molecule has 2 heterocycles. The third-order valence-electron chi connectivity index (χ3n) is 6.89. The summed E-state index contributed by atoms with van der Waals surface area (Å²) in [5.41, 5.74) is 4.52. The predicted octanol–water partition coefficient (Wildman–Crippen LogP) is 3.78. The summed E-state index contributed by atoms with van der Waals surface area (Å²) in [5.74, 6) is -1.50. The first kappa shape index (κ1) is 23.6. The second kappa shape index (κ2) is 10.2. The predicted molar refractivity (Wildman–Crippen MR) is 125 cm³/mol. The number of carbonyl (C=O) groups is 3. The molecule has 178 valence electrons. The number of carbonyl (C=O) groups excluding carboxylic acids is 3. The van der Waals surface area contributed by atoms with Crippen LogP contribution in [0.3, 0.4) is 0 Å². The van der Waals surface area contributed by atoms with Crippen molar-refractivity contribution in [3.05, 3.63) is 29.3 Å². The van der Waals surface area contributed by atoms with Gasteiger partial charge in [-0.1, -0.05) is 38.3 Å². The molecule has 1 unspecified atom stereocenters. The summed E-state index contributed by atoms with van der Waals surface area (Å²) in [7, 11) is 0. The number of nitrogens with zero attached hydrogens (tertiary/aromatic N) is 2. The number of hydrogen-bond acceptors (Lipinski definition) is 7. The zero-order valence-electron chi connectivity index (χ0n) is 19.0. The zero-order valence-corrected chi connectivity index (χ0v) is 19.8. The number of aromatic nitrogens is 1. The molecule has 1 aliphatic carbocycles. The highest BCUT2D eigenvalue weighted by atomic mass is 32.1. The molecular weight excluding hydrogens is 442 g/mol. The summed E-state index contributed by atoms with van der Waals surface area (Å²) >= 11 is 1.25. The van der Waals surface area contributed by atoms with Gasteiger partial charge in [-0.3, -0.25) is 9.59 Å². The monoisotopic (exact) mass is 473 g/mol. The highest BCUT2D eigenvalue weighted by Gasteiger charge is 2.56. The maximum Gasteiger partial charge on any atom is 0.405 e. The van der Waals surface area contributed by atoms with Crippen LogP contribution in [0.5, 0.6) is 0 Å². The largest absolute Gasteiger partial charge is 0.434 e. The molecule has 1 saturated carbocycles. The summed E-state index contributed by atoms with van der Waals surface area (Å²) in [5, 5.41) is 0.231. The minimum absolute atomic E-state index is 0.0771. The normalized spacial score (nSPS) is 20.2. The Hall–Kier alpha value is -2.52. The van der Waals surface area contributed by atoms with E-state index in [1.807, 2.05) is 24.3 Å². The van der Waals surface area contributed by atoms with Crippen LogP contribution in [0.15, 0.2) is 24.3 Å². The number of para-hydroxylation sites is 1. The van der Waals surface area contributed by atoms with Crippen LogP contribution in [0.1, 0.15) is 55.3 Å². The van der Waals surface area contributed by atoms with Crippen molar-refractivity contribution in [1.29, 1.82) is 0 Å². The molecule has 8 nitrogen and oxygen atoms in total. The van der Waals surface area contributed by atoms with E-state index in [2.05, 4.69) is 4.98 Å². The van der Waals surface area contributed by atoms with Crippen molar-refractivity contribution < 1.29 is 23.9 Å². The number of primary amides is 1. The summed E-state index contributed by atoms with van der Waals surface area (Å²) in [6, 6.07) is 7.47. The van der Waals surface area contributed by atoms with Crippen LogP contribution in [-0.2, 0) is 14.3 Å². The van der Waals surface area contributed by atoms with Gasteiger partial charge in [-0.25, -0.2) is 9.78 Å². The Balaban J connectivity index is 1.80. The van der Waals surface area contributed by atoms with Crippen LogP contribution in [0.2, 0.25) is 0 Å². The number of thiazole rings is 1. The molecule has 1 saturated heterocycles. The van der Waals surface area contributed by atoms with Gasteiger partial charge < -0.3 is 20.1 Å². The maximum atomic E-state index is 14.1. The Morgan fingerprint density at radius 1 is 1.21 bits per heavy atom. The Kier molecular flexibility index (Phi) is 7.29. The highest BCUT2D eigenvalue weighted by Crippen LogP contribution is 2.43. The minimum Gasteiger partial charge on any atom is -0.434 e. The summed E-state index contributed by atoms with van der Waals surface area (Å²) in [6.45, 7) is 3.58. The summed E-state index contributed by atoms with van der Waals surface area (Å²) in [4.78, 5) is 46.5. The fourth-order valence-electron chi connectivity index (χ4n) is 5.26. The van der Waals surface area contributed by atoms with Crippen molar-refractivity contribution in [2.75, 3.05) is 26.3 Å². The van der Waals surface area contributed by atoms with Crippen LogP contribution in [0, 0.1) is 11.8 Å². The number of fused-ring (bicyclic) bond motifs is 1. The second-order valence-electron chi connectivity index (χ2n) is 8.79.